The molecule has 4 amide bonds. The fourth-order valence-corrected chi connectivity index (χ4v) is 8.52. The number of benzene rings is 2. The number of rotatable bonds is 7. The Balaban J connectivity index is 1.51. The van der Waals surface area contributed by atoms with Crippen molar-refractivity contribution in [2.24, 2.45) is 17.8 Å². The van der Waals surface area contributed by atoms with Crippen LogP contribution in [0.5, 0.6) is 5.75 Å². The van der Waals surface area contributed by atoms with Crippen LogP contribution in [0.1, 0.15) is 24.3 Å². The number of nitro benzene ring substituents is 1. The molecule has 2 heterocycles. The van der Waals surface area contributed by atoms with Crippen LogP contribution in [0.15, 0.2) is 60.2 Å². The van der Waals surface area contributed by atoms with Crippen LogP contribution < -0.4 is 9.64 Å². The molecule has 43 heavy (non-hydrogen) atoms. The van der Waals surface area contributed by atoms with Gasteiger partial charge in [-0.1, -0.05) is 51.8 Å². The van der Waals surface area contributed by atoms with Gasteiger partial charge in [-0.05, 0) is 30.9 Å². The van der Waals surface area contributed by atoms with Gasteiger partial charge in [0.25, 0.3) is 17.5 Å². The maximum Gasteiger partial charge on any atom is 0.271 e. The number of amides is 4. The summed E-state index contributed by atoms with van der Waals surface area (Å²) in [5.41, 5.74) is 0.652. The van der Waals surface area contributed by atoms with Crippen LogP contribution in [0, 0.1) is 27.9 Å². The normalized spacial score (nSPS) is 31.5. The molecule has 3 fully saturated rings. The van der Waals surface area contributed by atoms with E-state index >= 15 is 0 Å². The second-order valence-electron chi connectivity index (χ2n) is 10.9. The summed E-state index contributed by atoms with van der Waals surface area (Å²) in [6.45, 7) is -0.331. The highest BCUT2D eigenvalue weighted by molar-refractivity contribution is 9.09. The Kier molecular flexibility index (Phi) is 7.39. The molecule has 224 valence electrons. The number of carbonyl (C=O) groups is 4. The third-order valence-corrected chi connectivity index (χ3v) is 10.8. The van der Waals surface area contributed by atoms with Crippen LogP contribution in [-0.2, 0) is 19.2 Å². The lowest BCUT2D eigenvalue weighted by Crippen LogP contribution is -2.60. The summed E-state index contributed by atoms with van der Waals surface area (Å²) in [7, 11) is 0. The van der Waals surface area contributed by atoms with E-state index in [9.17, 15) is 34.4 Å². The number of para-hydroxylation sites is 1. The molecule has 0 unspecified atom stereocenters. The summed E-state index contributed by atoms with van der Waals surface area (Å²) < 4.78 is 5.81. The largest absolute Gasteiger partial charge is 0.491 e. The third kappa shape index (κ3) is 4.10. The number of imide groups is 2. The van der Waals surface area contributed by atoms with Gasteiger partial charge in [0.2, 0.25) is 11.8 Å². The minimum Gasteiger partial charge on any atom is -0.491 e. The fourth-order valence-electron chi connectivity index (χ4n) is 7.10. The average Bonchev–Trinajstić information content (AvgIpc) is 3.34. The Bertz CT molecular complexity index is 1620. The van der Waals surface area contributed by atoms with Gasteiger partial charge in [0.15, 0.2) is 9.75 Å². The maximum atomic E-state index is 14.1. The van der Waals surface area contributed by atoms with E-state index in [-0.39, 0.29) is 42.9 Å². The fraction of sp³-hybridized carbons (Fsp3) is 0.379. The molecule has 14 heteroatoms. The van der Waals surface area contributed by atoms with Crippen molar-refractivity contribution in [3.8, 4) is 5.75 Å². The minimum atomic E-state index is -2.00. The second-order valence-corrected chi connectivity index (χ2v) is 12.6. The number of halogens is 3. The third-order valence-electron chi connectivity index (χ3n) is 8.89. The first-order valence-electron chi connectivity index (χ1n) is 13.5. The van der Waals surface area contributed by atoms with E-state index in [4.69, 9.17) is 27.9 Å². The molecular formula is C29H24BrCl2N3O8. The predicted molar refractivity (Wildman–Crippen MR) is 158 cm³/mol. The number of nitrogens with zero attached hydrogens (tertiary/aromatic N) is 3. The lowest BCUT2D eigenvalue weighted by atomic mass is 9.56. The van der Waals surface area contributed by atoms with Crippen molar-refractivity contribution in [1.82, 2.24) is 4.90 Å². The smallest absolute Gasteiger partial charge is 0.271 e. The van der Waals surface area contributed by atoms with Crippen molar-refractivity contribution < 1.29 is 33.9 Å². The SMILES string of the molecule is O=C1[C@H]2[C@H](CC=C3[C@H]2C[C@@]2(Cl)C(=O)N(CBr)C(=O)[C@@]2(Cl)[C@H]3c2ccccc2OCCO)C(=O)N1c1cccc([N+](=O)[O-])c1. The topological polar surface area (TPSA) is 147 Å². The highest BCUT2D eigenvalue weighted by atomic mass is 79.9. The Morgan fingerprint density at radius 2 is 1.79 bits per heavy atom. The highest BCUT2D eigenvalue weighted by Gasteiger charge is 2.76. The zero-order valence-corrected chi connectivity index (χ0v) is 25.4. The Morgan fingerprint density at radius 1 is 1.05 bits per heavy atom. The Hall–Kier alpha value is -3.32. The van der Waals surface area contributed by atoms with Gasteiger partial charge >= 0.3 is 0 Å². The van der Waals surface area contributed by atoms with Gasteiger partial charge in [0.05, 0.1) is 34.5 Å². The van der Waals surface area contributed by atoms with E-state index in [1.807, 2.05) is 0 Å². The quantitative estimate of drug-likeness (QED) is 0.115. The number of nitro groups is 1. The molecule has 0 aromatic heterocycles. The maximum absolute atomic E-state index is 14.1. The van der Waals surface area contributed by atoms with E-state index in [1.165, 1.54) is 24.3 Å². The van der Waals surface area contributed by atoms with Gasteiger partial charge in [0.1, 0.15) is 12.4 Å². The molecule has 2 saturated heterocycles. The van der Waals surface area contributed by atoms with Crippen molar-refractivity contribution in [2.75, 3.05) is 23.6 Å². The van der Waals surface area contributed by atoms with Gasteiger partial charge in [-0.2, -0.15) is 0 Å². The lowest BCUT2D eigenvalue weighted by molar-refractivity contribution is -0.384. The molecule has 2 aromatic rings. The zero-order chi connectivity index (χ0) is 30.8. The Labute approximate surface area is 263 Å². The molecule has 1 N–H and O–H groups in total. The number of carbonyl (C=O) groups excluding carboxylic acids is 4. The van der Waals surface area contributed by atoms with Crippen LogP contribution in [0.2, 0.25) is 0 Å². The standard InChI is InChI=1S/C29H24BrCl2N3O8/c30-14-33-26(39)28(31)13-20-17(23(29(28,32)27(33)40)18-6-1-2-7-21(18)43-11-10-36)8-9-19-22(20)25(38)34(24(19)37)15-4-3-5-16(12-15)35(41)42/h1-8,12,19-20,22-23,36H,9-11,13-14H2/t19-,20+,22-,23+,28+,29-/m0/s1. The van der Waals surface area contributed by atoms with Gasteiger partial charge in [-0.25, -0.2) is 4.90 Å². The molecule has 2 aliphatic carbocycles. The monoisotopic (exact) mass is 691 g/mol. The lowest BCUT2D eigenvalue weighted by Gasteiger charge is -2.51. The summed E-state index contributed by atoms with van der Waals surface area (Å²) in [6.07, 6.45) is 1.73. The Morgan fingerprint density at radius 3 is 2.49 bits per heavy atom. The first-order valence-corrected chi connectivity index (χ1v) is 15.3. The summed E-state index contributed by atoms with van der Waals surface area (Å²) in [4.78, 5) is 64.2. The van der Waals surface area contributed by atoms with Gasteiger partial charge < -0.3 is 9.84 Å². The molecule has 2 aliphatic heterocycles. The zero-order valence-electron chi connectivity index (χ0n) is 22.3. The predicted octanol–water partition coefficient (Wildman–Crippen LogP) is 3.88. The van der Waals surface area contributed by atoms with Gasteiger partial charge in [0, 0.05) is 23.6 Å². The van der Waals surface area contributed by atoms with E-state index in [0.717, 1.165) is 9.80 Å². The molecule has 0 bridgehead atoms. The molecule has 0 spiro atoms. The van der Waals surface area contributed by atoms with Gasteiger partial charge in [-0.15, -0.1) is 23.2 Å². The van der Waals surface area contributed by atoms with E-state index < -0.39 is 62.0 Å². The van der Waals surface area contributed by atoms with Crippen molar-refractivity contribution >= 4 is 74.1 Å². The molecule has 11 nitrogen and oxygen atoms in total. The molecule has 6 atom stereocenters. The number of hydrogen-bond donors (Lipinski definition) is 1. The van der Waals surface area contributed by atoms with Crippen molar-refractivity contribution in [1.29, 1.82) is 0 Å². The molecule has 4 aliphatic rings. The minimum absolute atomic E-state index is 0.0518. The first kappa shape index (κ1) is 29.7. The van der Waals surface area contributed by atoms with E-state index in [1.54, 1.807) is 30.3 Å². The number of alkyl halides is 3. The van der Waals surface area contributed by atoms with Crippen LogP contribution in [0.4, 0.5) is 11.4 Å². The number of fused-ring (bicyclic) bond motifs is 4. The van der Waals surface area contributed by atoms with Crippen molar-refractivity contribution in [2.45, 2.75) is 28.5 Å². The van der Waals surface area contributed by atoms with Crippen LogP contribution in [0.3, 0.4) is 0 Å². The summed E-state index contributed by atoms with van der Waals surface area (Å²) in [5, 5.41) is 20.8. The summed E-state index contributed by atoms with van der Waals surface area (Å²) in [6, 6.07) is 12.0. The van der Waals surface area contributed by atoms with Crippen LogP contribution in [0.25, 0.3) is 0 Å². The number of anilines is 1. The van der Waals surface area contributed by atoms with Crippen LogP contribution in [-0.4, -0.2) is 67.0 Å². The van der Waals surface area contributed by atoms with Crippen LogP contribution >= 0.6 is 39.1 Å². The number of aliphatic hydroxyl groups is 1. The number of aliphatic hydroxyl groups excluding tert-OH is 1. The number of allylic oxidation sites excluding steroid dienone is 2. The summed E-state index contributed by atoms with van der Waals surface area (Å²) >= 11 is 17.7. The molecular weight excluding hydrogens is 669 g/mol. The number of non-ortho nitro benzene ring substituents is 1. The molecule has 0 radical (unpaired) electrons. The van der Waals surface area contributed by atoms with Crippen molar-refractivity contribution in [3.63, 3.8) is 0 Å². The molecule has 1 saturated carbocycles. The number of ether oxygens (including phenoxy) is 1. The molecule has 2 aromatic carbocycles. The summed E-state index contributed by atoms with van der Waals surface area (Å²) in [5.74, 6) is -5.79. The molecule has 6 rings (SSSR count). The van der Waals surface area contributed by atoms with E-state index in [2.05, 4.69) is 15.9 Å². The number of hydrogen-bond acceptors (Lipinski definition) is 8. The highest BCUT2D eigenvalue weighted by Crippen LogP contribution is 2.66. The van der Waals surface area contributed by atoms with Gasteiger partial charge in [-0.3, -0.25) is 34.2 Å². The van der Waals surface area contributed by atoms with E-state index in [0.29, 0.717) is 16.9 Å². The number of likely N-dealkylation sites (tertiary alicyclic amines) is 1. The van der Waals surface area contributed by atoms with Crippen molar-refractivity contribution in [3.05, 3.63) is 75.9 Å². The second kappa shape index (κ2) is 10.7. The first-order chi connectivity index (χ1) is 20.5. The average molecular weight is 693 g/mol.